The Morgan fingerprint density at radius 1 is 1.47 bits per heavy atom. The van der Waals surface area contributed by atoms with Crippen molar-refractivity contribution in [1.82, 2.24) is 0 Å². The number of rotatable bonds is 5. The lowest BCUT2D eigenvalue weighted by Gasteiger charge is -2.07. The quantitative estimate of drug-likeness (QED) is 0.823. The van der Waals surface area contributed by atoms with Crippen molar-refractivity contribution in [2.45, 2.75) is 27.2 Å². The van der Waals surface area contributed by atoms with Gasteiger partial charge in [0.15, 0.2) is 0 Å². The minimum absolute atomic E-state index is 0.0759. The number of anilines is 1. The molecule has 94 valence electrons. The van der Waals surface area contributed by atoms with Gasteiger partial charge in [-0.1, -0.05) is 13.8 Å². The highest BCUT2D eigenvalue weighted by Crippen LogP contribution is 2.24. The van der Waals surface area contributed by atoms with Crippen molar-refractivity contribution in [1.29, 1.82) is 0 Å². The molecule has 0 saturated heterocycles. The molecule has 0 radical (unpaired) electrons. The fourth-order valence-electron chi connectivity index (χ4n) is 1.32. The van der Waals surface area contributed by atoms with Gasteiger partial charge in [0.25, 0.3) is 0 Å². The molecule has 0 aliphatic rings. The molecule has 0 atom stereocenters. The molecule has 0 aliphatic heterocycles. The topological polar surface area (TPSA) is 55.4 Å². The van der Waals surface area contributed by atoms with Crippen LogP contribution in [0.15, 0.2) is 11.4 Å². The first-order chi connectivity index (χ1) is 8.04. The molecule has 4 nitrogen and oxygen atoms in total. The predicted octanol–water partition coefficient (Wildman–Crippen LogP) is 2.91. The summed E-state index contributed by atoms with van der Waals surface area (Å²) in [7, 11) is 0. The Bertz CT molecular complexity index is 398. The molecule has 0 bridgehead atoms. The highest BCUT2D eigenvalue weighted by atomic mass is 32.1. The van der Waals surface area contributed by atoms with Gasteiger partial charge in [0, 0.05) is 6.42 Å². The van der Waals surface area contributed by atoms with Gasteiger partial charge < -0.3 is 10.1 Å². The summed E-state index contributed by atoms with van der Waals surface area (Å²) in [4.78, 5) is 23.2. The first-order valence-electron chi connectivity index (χ1n) is 5.59. The van der Waals surface area contributed by atoms with Crippen LogP contribution in [-0.4, -0.2) is 18.5 Å². The van der Waals surface area contributed by atoms with E-state index in [1.807, 2.05) is 13.8 Å². The molecular weight excluding hydrogens is 238 g/mol. The summed E-state index contributed by atoms with van der Waals surface area (Å²) in [6, 6.07) is 1.66. The van der Waals surface area contributed by atoms with E-state index in [1.165, 1.54) is 11.3 Å². The fraction of sp³-hybridized carbons (Fsp3) is 0.500. The number of esters is 1. The van der Waals surface area contributed by atoms with E-state index in [-0.39, 0.29) is 5.91 Å². The van der Waals surface area contributed by atoms with Gasteiger partial charge in [-0.25, -0.2) is 4.79 Å². The third-order valence-electron chi connectivity index (χ3n) is 2.01. The van der Waals surface area contributed by atoms with Gasteiger partial charge in [-0.3, -0.25) is 4.79 Å². The second-order valence-electron chi connectivity index (χ2n) is 4.03. The Labute approximate surface area is 105 Å². The highest BCUT2D eigenvalue weighted by Gasteiger charge is 2.16. The van der Waals surface area contributed by atoms with Gasteiger partial charge in [-0.2, -0.15) is 0 Å². The van der Waals surface area contributed by atoms with Gasteiger partial charge in [0.1, 0.15) is 5.00 Å². The number of ether oxygens (including phenoxy) is 1. The number of carbonyl (C=O) groups is 2. The van der Waals surface area contributed by atoms with Crippen LogP contribution in [0.1, 0.15) is 37.6 Å². The number of amides is 1. The summed E-state index contributed by atoms with van der Waals surface area (Å²) in [5, 5.41) is 5.07. The molecule has 0 aliphatic carbocycles. The molecule has 17 heavy (non-hydrogen) atoms. The molecule has 0 fully saturated rings. The van der Waals surface area contributed by atoms with Crippen LogP contribution in [0.5, 0.6) is 0 Å². The molecule has 1 N–H and O–H groups in total. The van der Waals surface area contributed by atoms with Crippen LogP contribution in [0.2, 0.25) is 0 Å². The molecule has 1 heterocycles. The smallest absolute Gasteiger partial charge is 0.341 e. The van der Waals surface area contributed by atoms with Crippen molar-refractivity contribution in [2.24, 2.45) is 5.92 Å². The second-order valence-corrected chi connectivity index (χ2v) is 4.95. The molecular formula is C12H17NO3S. The average Bonchev–Trinajstić information content (AvgIpc) is 2.64. The zero-order chi connectivity index (χ0) is 12.8. The molecule has 1 rings (SSSR count). The molecule has 0 saturated carbocycles. The first kappa shape index (κ1) is 13.7. The first-order valence-corrected chi connectivity index (χ1v) is 6.47. The van der Waals surface area contributed by atoms with E-state index in [0.717, 1.165) is 0 Å². The van der Waals surface area contributed by atoms with E-state index >= 15 is 0 Å². The Morgan fingerprint density at radius 3 is 2.76 bits per heavy atom. The SMILES string of the molecule is CCOC(=O)c1ccsc1NC(=O)CC(C)C. The standard InChI is InChI=1S/C12H17NO3S/c1-4-16-12(15)9-5-6-17-11(9)13-10(14)7-8(2)3/h5-6,8H,4,7H2,1-3H3,(H,13,14). The second kappa shape index (κ2) is 6.39. The van der Waals surface area contributed by atoms with Crippen LogP contribution in [0.3, 0.4) is 0 Å². The van der Waals surface area contributed by atoms with E-state index in [0.29, 0.717) is 29.5 Å². The van der Waals surface area contributed by atoms with Crippen LogP contribution in [0.4, 0.5) is 5.00 Å². The van der Waals surface area contributed by atoms with E-state index in [2.05, 4.69) is 5.32 Å². The molecule has 1 aromatic heterocycles. The minimum atomic E-state index is -0.395. The average molecular weight is 255 g/mol. The number of hydrogen-bond acceptors (Lipinski definition) is 4. The number of nitrogens with one attached hydrogen (secondary N) is 1. The van der Waals surface area contributed by atoms with Gasteiger partial charge >= 0.3 is 5.97 Å². The van der Waals surface area contributed by atoms with Crippen LogP contribution >= 0.6 is 11.3 Å². The zero-order valence-electron chi connectivity index (χ0n) is 10.3. The van der Waals surface area contributed by atoms with Crippen molar-refractivity contribution in [3.63, 3.8) is 0 Å². The maximum Gasteiger partial charge on any atom is 0.341 e. The molecule has 1 aromatic rings. The minimum Gasteiger partial charge on any atom is -0.462 e. The Hall–Kier alpha value is -1.36. The Morgan fingerprint density at radius 2 is 2.18 bits per heavy atom. The molecule has 0 unspecified atom stereocenters. The lowest BCUT2D eigenvalue weighted by Crippen LogP contribution is -2.15. The van der Waals surface area contributed by atoms with Crippen LogP contribution in [0, 0.1) is 5.92 Å². The number of thiophene rings is 1. The molecule has 0 aromatic carbocycles. The van der Waals surface area contributed by atoms with Gasteiger partial charge in [0.05, 0.1) is 12.2 Å². The summed E-state index contributed by atoms with van der Waals surface area (Å²) < 4.78 is 4.91. The Kier molecular flexibility index (Phi) is 5.15. The third kappa shape index (κ3) is 4.19. The summed E-state index contributed by atoms with van der Waals surface area (Å²) in [5.41, 5.74) is 0.425. The van der Waals surface area contributed by atoms with Crippen molar-refractivity contribution >= 4 is 28.2 Å². The maximum atomic E-state index is 11.6. The van der Waals surface area contributed by atoms with Crippen molar-refractivity contribution < 1.29 is 14.3 Å². The summed E-state index contributed by atoms with van der Waals surface area (Å²) in [6.45, 7) is 6.02. The van der Waals surface area contributed by atoms with Gasteiger partial charge in [-0.05, 0) is 24.3 Å². The largest absolute Gasteiger partial charge is 0.462 e. The van der Waals surface area contributed by atoms with E-state index in [1.54, 1.807) is 18.4 Å². The number of hydrogen-bond donors (Lipinski definition) is 1. The van der Waals surface area contributed by atoms with Gasteiger partial charge in [-0.15, -0.1) is 11.3 Å². The highest BCUT2D eigenvalue weighted by molar-refractivity contribution is 7.14. The van der Waals surface area contributed by atoms with E-state index in [4.69, 9.17) is 4.74 Å². The van der Waals surface area contributed by atoms with E-state index in [9.17, 15) is 9.59 Å². The monoisotopic (exact) mass is 255 g/mol. The zero-order valence-corrected chi connectivity index (χ0v) is 11.1. The third-order valence-corrected chi connectivity index (χ3v) is 2.84. The number of carbonyl (C=O) groups excluding carboxylic acids is 2. The van der Waals surface area contributed by atoms with Crippen LogP contribution in [0.25, 0.3) is 0 Å². The van der Waals surface area contributed by atoms with Crippen molar-refractivity contribution in [3.05, 3.63) is 17.0 Å². The Balaban J connectivity index is 2.69. The lowest BCUT2D eigenvalue weighted by atomic mass is 10.1. The lowest BCUT2D eigenvalue weighted by molar-refractivity contribution is -0.116. The summed E-state index contributed by atoms with van der Waals surface area (Å²) in [6.07, 6.45) is 0.445. The van der Waals surface area contributed by atoms with Crippen molar-refractivity contribution in [3.8, 4) is 0 Å². The van der Waals surface area contributed by atoms with Crippen LogP contribution < -0.4 is 5.32 Å². The normalized spacial score (nSPS) is 10.4. The summed E-state index contributed by atoms with van der Waals surface area (Å²) in [5.74, 6) is -0.178. The van der Waals surface area contributed by atoms with Crippen molar-refractivity contribution in [2.75, 3.05) is 11.9 Å². The van der Waals surface area contributed by atoms with E-state index < -0.39 is 5.97 Å². The maximum absolute atomic E-state index is 11.6. The van der Waals surface area contributed by atoms with Gasteiger partial charge in [0.2, 0.25) is 5.91 Å². The predicted molar refractivity (Wildman–Crippen MR) is 68.4 cm³/mol. The molecule has 5 heteroatoms. The summed E-state index contributed by atoms with van der Waals surface area (Å²) >= 11 is 1.33. The van der Waals surface area contributed by atoms with Crippen LogP contribution in [-0.2, 0) is 9.53 Å². The molecule has 1 amide bonds. The fourth-order valence-corrected chi connectivity index (χ4v) is 2.12. The molecule has 0 spiro atoms.